The van der Waals surface area contributed by atoms with Crippen LogP contribution in [-0.2, 0) is 17.6 Å². The number of carbonyl (C=O) groups excluding carboxylic acids is 1. The van der Waals surface area contributed by atoms with Gasteiger partial charge in [0, 0.05) is 12.1 Å². The van der Waals surface area contributed by atoms with Gasteiger partial charge in [0.1, 0.15) is 11.6 Å². The standard InChI is InChI=1S/C17H16FNO2/c1-21-15-8-3-2-5-13(15)11-16(20)19-10-9-12-6-4-7-14(18)17(12)19/h2-8H,9-11H2,1H3. The monoisotopic (exact) mass is 285 g/mol. The smallest absolute Gasteiger partial charge is 0.231 e. The van der Waals surface area contributed by atoms with Gasteiger partial charge < -0.3 is 9.64 Å². The Kier molecular flexibility index (Phi) is 3.60. The van der Waals surface area contributed by atoms with Crippen LogP contribution >= 0.6 is 0 Å². The third-order valence-electron chi connectivity index (χ3n) is 3.78. The van der Waals surface area contributed by atoms with E-state index in [1.54, 1.807) is 13.2 Å². The lowest BCUT2D eigenvalue weighted by molar-refractivity contribution is -0.117. The highest BCUT2D eigenvalue weighted by atomic mass is 19.1. The molecule has 1 amide bonds. The zero-order chi connectivity index (χ0) is 14.8. The lowest BCUT2D eigenvalue weighted by Crippen LogP contribution is -2.31. The van der Waals surface area contributed by atoms with Crippen LogP contribution in [0.25, 0.3) is 0 Å². The quantitative estimate of drug-likeness (QED) is 0.867. The highest BCUT2D eigenvalue weighted by Crippen LogP contribution is 2.31. The molecule has 0 spiro atoms. The van der Waals surface area contributed by atoms with Gasteiger partial charge in [-0.3, -0.25) is 4.79 Å². The molecule has 0 atom stereocenters. The van der Waals surface area contributed by atoms with Gasteiger partial charge in [0.05, 0.1) is 19.2 Å². The van der Waals surface area contributed by atoms with E-state index in [2.05, 4.69) is 0 Å². The number of para-hydroxylation sites is 2. The van der Waals surface area contributed by atoms with E-state index in [1.807, 2.05) is 30.3 Å². The second-order valence-corrected chi connectivity index (χ2v) is 5.03. The molecule has 3 rings (SSSR count). The van der Waals surface area contributed by atoms with E-state index in [0.717, 1.165) is 11.1 Å². The zero-order valence-electron chi connectivity index (χ0n) is 11.8. The summed E-state index contributed by atoms with van der Waals surface area (Å²) in [5, 5.41) is 0. The van der Waals surface area contributed by atoms with Crippen LogP contribution in [0.1, 0.15) is 11.1 Å². The summed E-state index contributed by atoms with van der Waals surface area (Å²) in [5.74, 6) is 0.237. The first-order valence-corrected chi connectivity index (χ1v) is 6.90. The van der Waals surface area contributed by atoms with Gasteiger partial charge >= 0.3 is 0 Å². The Bertz CT molecular complexity index is 684. The van der Waals surface area contributed by atoms with Gasteiger partial charge in [-0.1, -0.05) is 30.3 Å². The van der Waals surface area contributed by atoms with Gasteiger partial charge in [-0.25, -0.2) is 4.39 Å². The highest BCUT2D eigenvalue weighted by Gasteiger charge is 2.27. The van der Waals surface area contributed by atoms with Crippen molar-refractivity contribution in [3.05, 3.63) is 59.4 Å². The Morgan fingerprint density at radius 2 is 2.05 bits per heavy atom. The number of hydrogen-bond acceptors (Lipinski definition) is 2. The van der Waals surface area contributed by atoms with Crippen LogP contribution in [0, 0.1) is 5.82 Å². The van der Waals surface area contributed by atoms with Crippen molar-refractivity contribution in [3.8, 4) is 5.75 Å². The summed E-state index contributed by atoms with van der Waals surface area (Å²) in [5.41, 5.74) is 2.13. The topological polar surface area (TPSA) is 29.5 Å². The van der Waals surface area contributed by atoms with Crippen LogP contribution in [0.4, 0.5) is 10.1 Å². The molecule has 0 saturated heterocycles. The second kappa shape index (κ2) is 5.56. The molecule has 0 aliphatic carbocycles. The Hall–Kier alpha value is -2.36. The van der Waals surface area contributed by atoms with E-state index in [9.17, 15) is 9.18 Å². The zero-order valence-corrected chi connectivity index (χ0v) is 11.8. The number of benzene rings is 2. The number of halogens is 1. The Labute approximate surface area is 123 Å². The molecule has 3 nitrogen and oxygen atoms in total. The predicted molar refractivity (Wildman–Crippen MR) is 79.2 cm³/mol. The molecule has 1 heterocycles. The summed E-state index contributed by atoms with van der Waals surface area (Å²) in [6.07, 6.45) is 0.905. The molecule has 0 bridgehead atoms. The fourth-order valence-corrected chi connectivity index (χ4v) is 2.76. The summed E-state index contributed by atoms with van der Waals surface area (Å²) in [7, 11) is 1.58. The van der Waals surface area contributed by atoms with Crippen molar-refractivity contribution >= 4 is 11.6 Å². The van der Waals surface area contributed by atoms with Crippen molar-refractivity contribution in [3.63, 3.8) is 0 Å². The molecule has 21 heavy (non-hydrogen) atoms. The average Bonchev–Trinajstić information content (AvgIpc) is 2.93. The normalized spacial score (nSPS) is 13.1. The molecule has 1 aliphatic heterocycles. The maximum absolute atomic E-state index is 14.0. The number of ether oxygens (including phenoxy) is 1. The van der Waals surface area contributed by atoms with Gasteiger partial charge in [-0.05, 0) is 24.1 Å². The van der Waals surface area contributed by atoms with Gasteiger partial charge in [0.15, 0.2) is 0 Å². The molecule has 1 aliphatic rings. The van der Waals surface area contributed by atoms with Crippen LogP contribution in [-0.4, -0.2) is 19.6 Å². The molecule has 0 saturated carbocycles. The molecular formula is C17H16FNO2. The van der Waals surface area contributed by atoms with E-state index in [0.29, 0.717) is 24.4 Å². The molecule has 0 fully saturated rings. The van der Waals surface area contributed by atoms with Crippen molar-refractivity contribution in [2.24, 2.45) is 0 Å². The van der Waals surface area contributed by atoms with Crippen molar-refractivity contribution in [2.75, 3.05) is 18.6 Å². The van der Waals surface area contributed by atoms with Crippen LogP contribution in [0.15, 0.2) is 42.5 Å². The predicted octanol–water partition coefficient (Wildman–Crippen LogP) is 2.97. The van der Waals surface area contributed by atoms with Crippen LogP contribution in [0.2, 0.25) is 0 Å². The minimum atomic E-state index is -0.335. The van der Waals surface area contributed by atoms with E-state index in [1.165, 1.54) is 11.0 Å². The largest absolute Gasteiger partial charge is 0.496 e. The second-order valence-electron chi connectivity index (χ2n) is 5.03. The minimum absolute atomic E-state index is 0.108. The lowest BCUT2D eigenvalue weighted by Gasteiger charge is -2.18. The summed E-state index contributed by atoms with van der Waals surface area (Å²) in [6, 6.07) is 12.3. The number of methoxy groups -OCH3 is 1. The fraction of sp³-hybridized carbons (Fsp3) is 0.235. The van der Waals surface area contributed by atoms with Crippen molar-refractivity contribution in [1.82, 2.24) is 0 Å². The number of rotatable bonds is 3. The number of nitrogens with zero attached hydrogens (tertiary/aromatic N) is 1. The Morgan fingerprint density at radius 1 is 1.24 bits per heavy atom. The van der Waals surface area contributed by atoms with Crippen LogP contribution in [0.3, 0.4) is 0 Å². The first-order chi connectivity index (χ1) is 10.2. The third kappa shape index (κ3) is 2.49. The van der Waals surface area contributed by atoms with E-state index < -0.39 is 0 Å². The molecule has 2 aromatic rings. The molecule has 0 unspecified atom stereocenters. The average molecular weight is 285 g/mol. The van der Waals surface area contributed by atoms with Crippen LogP contribution < -0.4 is 9.64 Å². The fourth-order valence-electron chi connectivity index (χ4n) is 2.76. The molecule has 0 aromatic heterocycles. The number of carbonyl (C=O) groups is 1. The number of fused-ring (bicyclic) bond motifs is 1. The van der Waals surface area contributed by atoms with E-state index in [4.69, 9.17) is 4.74 Å². The summed E-state index contributed by atoms with van der Waals surface area (Å²) >= 11 is 0. The number of hydrogen-bond donors (Lipinski definition) is 0. The Balaban J connectivity index is 1.85. The summed E-state index contributed by atoms with van der Waals surface area (Å²) in [4.78, 5) is 14.0. The molecule has 4 heteroatoms. The van der Waals surface area contributed by atoms with Gasteiger partial charge in [0.25, 0.3) is 0 Å². The maximum Gasteiger partial charge on any atom is 0.231 e. The molecular weight excluding hydrogens is 269 g/mol. The molecule has 0 N–H and O–H groups in total. The first kappa shape index (κ1) is 13.6. The van der Waals surface area contributed by atoms with Gasteiger partial charge in [0.2, 0.25) is 5.91 Å². The maximum atomic E-state index is 14.0. The van der Waals surface area contributed by atoms with Crippen molar-refractivity contribution in [2.45, 2.75) is 12.8 Å². The van der Waals surface area contributed by atoms with E-state index >= 15 is 0 Å². The number of anilines is 1. The summed E-state index contributed by atoms with van der Waals surface area (Å²) in [6.45, 7) is 0.532. The lowest BCUT2D eigenvalue weighted by atomic mass is 10.1. The first-order valence-electron chi connectivity index (χ1n) is 6.90. The SMILES string of the molecule is COc1ccccc1CC(=O)N1CCc2cccc(F)c21. The number of amides is 1. The van der Waals surface area contributed by atoms with Crippen molar-refractivity contribution in [1.29, 1.82) is 0 Å². The molecule has 0 radical (unpaired) electrons. The van der Waals surface area contributed by atoms with Gasteiger partial charge in [-0.2, -0.15) is 0 Å². The molecule has 108 valence electrons. The van der Waals surface area contributed by atoms with Crippen molar-refractivity contribution < 1.29 is 13.9 Å². The molecule has 2 aromatic carbocycles. The van der Waals surface area contributed by atoms with Gasteiger partial charge in [-0.15, -0.1) is 0 Å². The highest BCUT2D eigenvalue weighted by molar-refractivity contribution is 5.97. The third-order valence-corrected chi connectivity index (χ3v) is 3.78. The minimum Gasteiger partial charge on any atom is -0.496 e. The Morgan fingerprint density at radius 3 is 2.86 bits per heavy atom. The van der Waals surface area contributed by atoms with E-state index in [-0.39, 0.29) is 18.1 Å². The summed E-state index contributed by atoms with van der Waals surface area (Å²) < 4.78 is 19.2. The van der Waals surface area contributed by atoms with Crippen LogP contribution in [0.5, 0.6) is 5.75 Å².